The predicted molar refractivity (Wildman–Crippen MR) is 203 cm³/mol. The molecule has 2 fully saturated rings. The van der Waals surface area contributed by atoms with Crippen LogP contribution in [-0.2, 0) is 27.0 Å². The van der Waals surface area contributed by atoms with Crippen LogP contribution < -0.4 is 4.90 Å². The number of morpholine rings is 1. The molecule has 0 aliphatic carbocycles. The lowest BCUT2D eigenvalue weighted by Crippen LogP contribution is -2.47. The smallest absolute Gasteiger partial charge is 0.416 e. The molecule has 0 spiro atoms. The number of anilines is 2. The molecule has 0 amide bonds. The van der Waals surface area contributed by atoms with Gasteiger partial charge >= 0.3 is 12.1 Å². The fourth-order valence-electron chi connectivity index (χ4n) is 7.14. The van der Waals surface area contributed by atoms with E-state index in [-0.39, 0.29) is 11.2 Å². The van der Waals surface area contributed by atoms with Crippen molar-refractivity contribution in [2.24, 2.45) is 0 Å². The Morgan fingerprint density at radius 3 is 2.33 bits per heavy atom. The molecule has 2 saturated heterocycles. The van der Waals surface area contributed by atoms with Crippen LogP contribution in [0.4, 0.5) is 24.5 Å². The zero-order valence-corrected chi connectivity index (χ0v) is 31.1. The van der Waals surface area contributed by atoms with Gasteiger partial charge in [0.1, 0.15) is 11.9 Å². The Hall–Kier alpha value is -3.26. The molecule has 4 aromatic carbocycles. The largest absolute Gasteiger partial charge is 0.463 e. The highest BCUT2D eigenvalue weighted by molar-refractivity contribution is 8.00. The van der Waals surface area contributed by atoms with E-state index in [0.29, 0.717) is 25.4 Å². The Kier molecular flexibility index (Phi) is 12.0. The van der Waals surface area contributed by atoms with Crippen LogP contribution in [0.25, 0.3) is 10.8 Å². The summed E-state index contributed by atoms with van der Waals surface area (Å²) in [6, 6.07) is 24.7. The molecule has 52 heavy (non-hydrogen) atoms. The second-order valence-electron chi connectivity index (χ2n) is 13.5. The monoisotopic (exact) mass is 750 g/mol. The molecule has 3 aliphatic heterocycles. The highest BCUT2D eigenvalue weighted by atomic mass is 32.2. The van der Waals surface area contributed by atoms with Crippen LogP contribution in [-0.4, -0.2) is 105 Å². The highest BCUT2D eigenvalue weighted by Gasteiger charge is 2.33. The maximum atomic E-state index is 13.6. The van der Waals surface area contributed by atoms with E-state index in [1.54, 1.807) is 17.8 Å². The van der Waals surface area contributed by atoms with Gasteiger partial charge in [0, 0.05) is 73.6 Å². The second kappa shape index (κ2) is 16.8. The molecule has 12 heteroatoms. The van der Waals surface area contributed by atoms with E-state index >= 15 is 0 Å². The van der Waals surface area contributed by atoms with Crippen LogP contribution in [0.5, 0.6) is 0 Å². The minimum Gasteiger partial charge on any atom is -0.463 e. The molecule has 0 aromatic heterocycles. The van der Waals surface area contributed by atoms with E-state index in [0.717, 1.165) is 92.4 Å². The van der Waals surface area contributed by atoms with Crippen LogP contribution in [0.2, 0.25) is 0 Å². The van der Waals surface area contributed by atoms with Crippen molar-refractivity contribution in [2.45, 2.75) is 46.0 Å². The molecule has 0 radical (unpaired) electrons. The summed E-state index contributed by atoms with van der Waals surface area (Å²) in [5, 5.41) is 2.09. The van der Waals surface area contributed by atoms with Gasteiger partial charge < -0.3 is 19.3 Å². The quantitative estimate of drug-likeness (QED) is 0.106. The van der Waals surface area contributed by atoms with Crippen molar-refractivity contribution in [3.8, 4) is 0 Å². The molecule has 7 nitrogen and oxygen atoms in total. The average molecular weight is 751 g/mol. The summed E-state index contributed by atoms with van der Waals surface area (Å²) in [5.41, 5.74) is 2.21. The number of rotatable bonds is 12. The normalized spacial score (nSPS) is 17.9. The molecule has 3 aliphatic rings. The number of ether oxygens (including phenoxy) is 2. The topological polar surface area (TPSA) is 48.5 Å². The van der Waals surface area contributed by atoms with Crippen molar-refractivity contribution in [3.63, 3.8) is 0 Å². The Morgan fingerprint density at radius 2 is 1.54 bits per heavy atom. The molecule has 276 valence electrons. The molecule has 7 rings (SSSR count). The number of thioether (sulfide) groups is 1. The predicted octanol–water partition coefficient (Wildman–Crippen LogP) is 8.03. The third-order valence-corrected chi connectivity index (χ3v) is 12.4. The summed E-state index contributed by atoms with van der Waals surface area (Å²) in [6.45, 7) is 12.1. The third-order valence-electron chi connectivity index (χ3n) is 10.0. The van der Waals surface area contributed by atoms with Crippen LogP contribution in [0, 0.1) is 0 Å². The van der Waals surface area contributed by atoms with Crippen molar-refractivity contribution in [2.75, 3.05) is 83.6 Å². The molecule has 0 saturated carbocycles. The molecule has 4 aromatic rings. The number of piperazine rings is 1. The number of para-hydroxylation sites is 1. The van der Waals surface area contributed by atoms with Crippen molar-refractivity contribution < 1.29 is 27.4 Å². The van der Waals surface area contributed by atoms with E-state index < -0.39 is 11.7 Å². The van der Waals surface area contributed by atoms with Crippen molar-refractivity contribution in [3.05, 3.63) is 90.0 Å². The van der Waals surface area contributed by atoms with E-state index in [2.05, 4.69) is 51.1 Å². The van der Waals surface area contributed by atoms with E-state index in [4.69, 9.17) is 9.47 Å². The molecule has 1 unspecified atom stereocenters. The number of alkyl halides is 3. The van der Waals surface area contributed by atoms with Gasteiger partial charge in [-0.05, 0) is 72.6 Å². The first-order chi connectivity index (χ1) is 25.2. The number of hydrogen-bond acceptors (Lipinski definition) is 9. The Labute approximate surface area is 312 Å². The number of carbonyl (C=O) groups is 1. The van der Waals surface area contributed by atoms with E-state index in [1.165, 1.54) is 40.2 Å². The molecule has 0 bridgehead atoms. The van der Waals surface area contributed by atoms with Gasteiger partial charge in [-0.15, -0.1) is 11.8 Å². The van der Waals surface area contributed by atoms with Gasteiger partial charge in [-0.25, -0.2) is 0 Å². The van der Waals surface area contributed by atoms with Gasteiger partial charge in [-0.1, -0.05) is 54.2 Å². The zero-order valence-electron chi connectivity index (χ0n) is 29.4. The number of nitrogens with zero attached hydrogens (tertiary/aromatic N) is 4. The minimum absolute atomic E-state index is 0.198. The summed E-state index contributed by atoms with van der Waals surface area (Å²) in [6.07, 6.45) is -3.56. The molecule has 1 atom stereocenters. The van der Waals surface area contributed by atoms with Crippen LogP contribution in [0.1, 0.15) is 24.5 Å². The van der Waals surface area contributed by atoms with Crippen molar-refractivity contribution in [1.82, 2.24) is 14.7 Å². The lowest BCUT2D eigenvalue weighted by atomic mass is 10.0. The van der Waals surface area contributed by atoms with Gasteiger partial charge in [0.2, 0.25) is 0 Å². The fraction of sp³-hybridized carbons (Fsp3) is 0.425. The summed E-state index contributed by atoms with van der Waals surface area (Å²) in [5.74, 6) is -0.198. The van der Waals surface area contributed by atoms with Gasteiger partial charge in [0.15, 0.2) is 0 Å². The molecular weight excluding hydrogens is 706 g/mol. The molecule has 3 heterocycles. The van der Waals surface area contributed by atoms with Crippen LogP contribution in [0.15, 0.2) is 93.5 Å². The van der Waals surface area contributed by atoms with Crippen LogP contribution in [0.3, 0.4) is 0 Å². The number of benzene rings is 4. The fourth-order valence-corrected chi connectivity index (χ4v) is 9.22. The summed E-state index contributed by atoms with van der Waals surface area (Å²) < 4.78 is 52.1. The minimum atomic E-state index is -4.39. The molecule has 0 N–H and O–H groups in total. The average Bonchev–Trinajstić information content (AvgIpc) is 3.16. The zero-order chi connectivity index (χ0) is 36.1. The van der Waals surface area contributed by atoms with Gasteiger partial charge in [0.05, 0.1) is 30.2 Å². The van der Waals surface area contributed by atoms with E-state index in [9.17, 15) is 18.0 Å². The van der Waals surface area contributed by atoms with E-state index in [1.807, 2.05) is 36.1 Å². The summed E-state index contributed by atoms with van der Waals surface area (Å²) in [4.78, 5) is 25.3. The number of hydrogen-bond donors (Lipinski definition) is 0. The summed E-state index contributed by atoms with van der Waals surface area (Å²) >= 11 is 3.09. The van der Waals surface area contributed by atoms with Gasteiger partial charge in [0.25, 0.3) is 0 Å². The lowest BCUT2D eigenvalue weighted by Gasteiger charge is -2.36. The van der Waals surface area contributed by atoms with Crippen molar-refractivity contribution in [1.29, 1.82) is 0 Å². The maximum absolute atomic E-state index is 13.6. The number of esters is 1. The first-order valence-corrected chi connectivity index (χ1v) is 19.8. The van der Waals surface area contributed by atoms with Gasteiger partial charge in [-0.2, -0.15) is 13.2 Å². The first-order valence-electron chi connectivity index (χ1n) is 18.1. The Balaban J connectivity index is 0.867. The van der Waals surface area contributed by atoms with Crippen LogP contribution >= 0.6 is 23.5 Å². The standard InChI is InChI=1S/C40H45F3N4O3S2/c1-29(51-36-13-11-30-7-2-3-8-32(30)33(36)28-46-21-24-49-25-22-46)39(48)50-26-23-45-19-17-44(18-20-45)15-6-16-47-34-9-4-5-10-37(34)52-38-14-12-31(27-35(38)47)40(41,42)43/h2-5,7-14,27,29H,6,15-26,28H2,1H3. The maximum Gasteiger partial charge on any atom is 0.416 e. The van der Waals surface area contributed by atoms with Crippen molar-refractivity contribution >= 4 is 51.6 Å². The summed E-state index contributed by atoms with van der Waals surface area (Å²) in [7, 11) is 0. The highest BCUT2D eigenvalue weighted by Crippen LogP contribution is 2.49. The number of halogens is 3. The number of fused-ring (bicyclic) bond motifs is 3. The first kappa shape index (κ1) is 37.1. The Morgan fingerprint density at radius 1 is 0.827 bits per heavy atom. The Bertz CT molecular complexity index is 1850. The number of carbonyl (C=O) groups excluding carboxylic acids is 1. The SMILES string of the molecule is CC(Sc1ccc2ccccc2c1CN1CCOCC1)C(=O)OCCN1CCN(CCCN2c3ccccc3Sc3ccc(C(F)(F)F)cc32)CC1. The second-order valence-corrected chi connectivity index (χ2v) is 16.0. The lowest BCUT2D eigenvalue weighted by molar-refractivity contribution is -0.143. The molecular formula is C40H45F3N4O3S2. The van der Waals surface area contributed by atoms with Gasteiger partial charge in [-0.3, -0.25) is 14.6 Å². The third kappa shape index (κ3) is 8.91.